The summed E-state index contributed by atoms with van der Waals surface area (Å²) in [5.74, 6) is 0.0383. The molecule has 0 bridgehead atoms. The molecule has 0 radical (unpaired) electrons. The lowest BCUT2D eigenvalue weighted by Crippen LogP contribution is -2.46. The number of carbonyl (C=O) groups excluding carboxylic acids is 1. The second kappa shape index (κ2) is 9.11. The number of nitrogens with zero attached hydrogens (tertiary/aromatic N) is 3. The van der Waals surface area contributed by atoms with Crippen LogP contribution in [0.25, 0.3) is 0 Å². The maximum atomic E-state index is 12.5. The van der Waals surface area contributed by atoms with Gasteiger partial charge in [-0.2, -0.15) is 0 Å². The average molecular weight is 424 g/mol. The maximum Gasteiger partial charge on any atom is 0.267 e. The van der Waals surface area contributed by atoms with Gasteiger partial charge in [0.05, 0.1) is 10.9 Å². The van der Waals surface area contributed by atoms with Crippen molar-refractivity contribution >= 4 is 34.2 Å². The molecule has 0 aromatic heterocycles. The van der Waals surface area contributed by atoms with Crippen LogP contribution >= 0.6 is 24.0 Å². The quantitative estimate of drug-likeness (QED) is 0.533. The summed E-state index contributed by atoms with van der Waals surface area (Å²) in [6.45, 7) is 6.27. The first kappa shape index (κ1) is 20.1. The molecule has 2 heterocycles. The Morgan fingerprint density at radius 3 is 2.00 bits per heavy atom. The zero-order chi connectivity index (χ0) is 20.2. The summed E-state index contributed by atoms with van der Waals surface area (Å²) in [6.07, 6.45) is 2.01. The van der Waals surface area contributed by atoms with Gasteiger partial charge < -0.3 is 4.90 Å². The van der Waals surface area contributed by atoms with E-state index in [0.29, 0.717) is 10.9 Å². The van der Waals surface area contributed by atoms with E-state index in [2.05, 4.69) is 70.5 Å². The molecule has 2 fully saturated rings. The Morgan fingerprint density at radius 1 is 0.966 bits per heavy atom. The van der Waals surface area contributed by atoms with Gasteiger partial charge in [-0.1, -0.05) is 84.6 Å². The molecule has 4 rings (SSSR count). The van der Waals surface area contributed by atoms with E-state index in [1.807, 2.05) is 13.1 Å². The number of benzene rings is 2. The molecule has 6 heteroatoms. The van der Waals surface area contributed by atoms with Crippen molar-refractivity contribution in [2.24, 2.45) is 0 Å². The summed E-state index contributed by atoms with van der Waals surface area (Å²) in [4.78, 5) is 19.7. The Kier molecular flexibility index (Phi) is 6.33. The highest BCUT2D eigenvalue weighted by atomic mass is 32.2. The number of thioether (sulfide) groups is 1. The Labute approximate surface area is 182 Å². The largest absolute Gasteiger partial charge is 0.374 e. The topological polar surface area (TPSA) is 26.8 Å². The first-order valence-electron chi connectivity index (χ1n) is 10.0. The van der Waals surface area contributed by atoms with Crippen LogP contribution in [0.5, 0.6) is 0 Å². The van der Waals surface area contributed by atoms with Gasteiger partial charge in [-0.3, -0.25) is 14.6 Å². The summed E-state index contributed by atoms with van der Waals surface area (Å²) in [5, 5.41) is 0. The molecule has 2 aliphatic heterocycles. The van der Waals surface area contributed by atoms with E-state index in [4.69, 9.17) is 12.2 Å². The minimum absolute atomic E-state index is 0.0383. The van der Waals surface area contributed by atoms with Gasteiger partial charge in [0.25, 0.3) is 5.91 Å². The third-order valence-electron chi connectivity index (χ3n) is 5.43. The molecule has 2 aromatic carbocycles. The zero-order valence-corrected chi connectivity index (χ0v) is 18.2. The van der Waals surface area contributed by atoms with Crippen molar-refractivity contribution in [1.82, 2.24) is 14.7 Å². The van der Waals surface area contributed by atoms with E-state index in [1.54, 1.807) is 4.90 Å². The molecule has 1 amide bonds. The van der Waals surface area contributed by atoms with Gasteiger partial charge in [0.15, 0.2) is 0 Å². The SMILES string of the molecule is CCN1C(=O)C(=CN2CCN(C(c3ccccc3)c3ccccc3)CC2)SC1=S. The van der Waals surface area contributed by atoms with Crippen molar-refractivity contribution < 1.29 is 4.79 Å². The molecule has 0 N–H and O–H groups in total. The second-order valence-corrected chi connectivity index (χ2v) is 8.88. The Morgan fingerprint density at radius 2 is 1.52 bits per heavy atom. The summed E-state index contributed by atoms with van der Waals surface area (Å²) in [6, 6.07) is 21.6. The van der Waals surface area contributed by atoms with E-state index < -0.39 is 0 Å². The molecule has 0 unspecified atom stereocenters. The van der Waals surface area contributed by atoms with Crippen molar-refractivity contribution in [3.05, 3.63) is 82.9 Å². The lowest BCUT2D eigenvalue weighted by molar-refractivity contribution is -0.122. The molecular weight excluding hydrogens is 398 g/mol. The van der Waals surface area contributed by atoms with Gasteiger partial charge in [0.2, 0.25) is 0 Å². The number of likely N-dealkylation sites (N-methyl/N-ethyl adjacent to an activating group) is 1. The van der Waals surface area contributed by atoms with Crippen LogP contribution in [0.2, 0.25) is 0 Å². The number of hydrogen-bond donors (Lipinski definition) is 0. The van der Waals surface area contributed by atoms with E-state index in [9.17, 15) is 4.79 Å². The van der Waals surface area contributed by atoms with Crippen LogP contribution in [-0.4, -0.2) is 57.7 Å². The number of amides is 1. The Hall–Kier alpha value is -2.15. The second-order valence-electron chi connectivity index (χ2n) is 7.21. The van der Waals surface area contributed by atoms with E-state index in [-0.39, 0.29) is 11.9 Å². The van der Waals surface area contributed by atoms with Crippen LogP contribution in [0.1, 0.15) is 24.1 Å². The first-order valence-corrected chi connectivity index (χ1v) is 11.2. The Bertz CT molecular complexity index is 853. The highest BCUT2D eigenvalue weighted by molar-refractivity contribution is 8.26. The fourth-order valence-electron chi connectivity index (χ4n) is 3.94. The van der Waals surface area contributed by atoms with E-state index in [0.717, 1.165) is 31.1 Å². The first-order chi connectivity index (χ1) is 14.2. The standard InChI is InChI=1S/C23H25N3OS2/c1-2-26-22(27)20(29-23(26)28)17-24-13-15-25(16-14-24)21(18-9-5-3-6-10-18)19-11-7-4-8-12-19/h3-12,17,21H,2,13-16H2,1H3. The fraction of sp³-hybridized carbons (Fsp3) is 0.304. The summed E-state index contributed by atoms with van der Waals surface area (Å²) < 4.78 is 0.663. The lowest BCUT2D eigenvalue weighted by atomic mass is 9.96. The van der Waals surface area contributed by atoms with Crippen LogP contribution in [0.4, 0.5) is 0 Å². The molecule has 0 aliphatic carbocycles. The van der Waals surface area contributed by atoms with Crippen LogP contribution in [-0.2, 0) is 4.79 Å². The monoisotopic (exact) mass is 423 g/mol. The fourth-order valence-corrected chi connectivity index (χ4v) is 5.33. The average Bonchev–Trinajstić information content (AvgIpc) is 3.03. The number of thiocarbonyl (C=S) groups is 1. The van der Waals surface area contributed by atoms with Crippen molar-refractivity contribution in [2.75, 3.05) is 32.7 Å². The van der Waals surface area contributed by atoms with Gasteiger partial charge in [0.1, 0.15) is 4.32 Å². The van der Waals surface area contributed by atoms with Crippen LogP contribution in [0.15, 0.2) is 71.8 Å². The zero-order valence-electron chi connectivity index (χ0n) is 16.5. The van der Waals surface area contributed by atoms with Crippen molar-refractivity contribution in [2.45, 2.75) is 13.0 Å². The molecule has 29 heavy (non-hydrogen) atoms. The number of piperazine rings is 1. The normalized spacial score (nSPS) is 19.6. The lowest BCUT2D eigenvalue weighted by Gasteiger charge is -2.39. The van der Waals surface area contributed by atoms with Crippen molar-refractivity contribution in [3.63, 3.8) is 0 Å². The van der Waals surface area contributed by atoms with Gasteiger partial charge >= 0.3 is 0 Å². The summed E-state index contributed by atoms with van der Waals surface area (Å²) in [7, 11) is 0. The Balaban J connectivity index is 1.48. The van der Waals surface area contributed by atoms with Crippen LogP contribution in [0, 0.1) is 0 Å². The van der Waals surface area contributed by atoms with Gasteiger partial charge in [0, 0.05) is 38.9 Å². The number of rotatable bonds is 5. The molecule has 2 aromatic rings. The maximum absolute atomic E-state index is 12.5. The van der Waals surface area contributed by atoms with Gasteiger partial charge in [-0.15, -0.1) is 0 Å². The highest BCUT2D eigenvalue weighted by Crippen LogP contribution is 2.32. The molecule has 0 atom stereocenters. The molecule has 4 nitrogen and oxygen atoms in total. The summed E-state index contributed by atoms with van der Waals surface area (Å²) >= 11 is 6.74. The highest BCUT2D eigenvalue weighted by Gasteiger charge is 2.32. The van der Waals surface area contributed by atoms with Crippen LogP contribution < -0.4 is 0 Å². The molecular formula is C23H25N3OS2. The molecule has 150 valence electrons. The predicted octanol–water partition coefficient (Wildman–Crippen LogP) is 4.12. The molecule has 2 saturated heterocycles. The molecule has 0 spiro atoms. The third-order valence-corrected chi connectivity index (χ3v) is 6.80. The number of hydrogen-bond acceptors (Lipinski definition) is 5. The minimum Gasteiger partial charge on any atom is -0.374 e. The van der Waals surface area contributed by atoms with Crippen LogP contribution in [0.3, 0.4) is 0 Å². The third kappa shape index (κ3) is 4.39. The molecule has 0 saturated carbocycles. The number of carbonyl (C=O) groups is 1. The van der Waals surface area contributed by atoms with Crippen molar-refractivity contribution in [3.8, 4) is 0 Å². The van der Waals surface area contributed by atoms with Gasteiger partial charge in [-0.25, -0.2) is 0 Å². The minimum atomic E-state index is 0.0383. The van der Waals surface area contributed by atoms with E-state index >= 15 is 0 Å². The van der Waals surface area contributed by atoms with Crippen molar-refractivity contribution in [1.29, 1.82) is 0 Å². The van der Waals surface area contributed by atoms with E-state index in [1.165, 1.54) is 22.9 Å². The predicted molar refractivity (Wildman–Crippen MR) is 124 cm³/mol. The molecule has 2 aliphatic rings. The van der Waals surface area contributed by atoms with Gasteiger partial charge in [-0.05, 0) is 18.1 Å². The smallest absolute Gasteiger partial charge is 0.267 e. The summed E-state index contributed by atoms with van der Waals surface area (Å²) in [5.41, 5.74) is 2.63.